The Labute approximate surface area is 73.2 Å². The summed E-state index contributed by atoms with van der Waals surface area (Å²) < 4.78 is 48.6. The summed E-state index contributed by atoms with van der Waals surface area (Å²) in [6.07, 6.45) is -7.69. The quantitative estimate of drug-likeness (QED) is 0.596. The standard InChI is InChI=1S/C9H8F4/c1-6-4-2-3-5-7(6)8(10)9(11,12)13/h2-5,8H,1H3. The molecule has 4 heteroatoms. The Morgan fingerprint density at radius 3 is 2.15 bits per heavy atom. The molecule has 0 aliphatic rings. The van der Waals surface area contributed by atoms with Crippen molar-refractivity contribution in [1.82, 2.24) is 0 Å². The molecule has 0 aromatic heterocycles. The third-order valence-corrected chi connectivity index (χ3v) is 1.75. The number of rotatable bonds is 1. The van der Waals surface area contributed by atoms with Crippen LogP contribution in [0.4, 0.5) is 17.6 Å². The third kappa shape index (κ3) is 2.20. The second kappa shape index (κ2) is 3.36. The van der Waals surface area contributed by atoms with E-state index in [1.165, 1.54) is 19.1 Å². The van der Waals surface area contributed by atoms with E-state index in [9.17, 15) is 17.6 Å². The highest BCUT2D eigenvalue weighted by Crippen LogP contribution is 2.36. The zero-order chi connectivity index (χ0) is 10.1. The van der Waals surface area contributed by atoms with Gasteiger partial charge in [0.05, 0.1) is 0 Å². The van der Waals surface area contributed by atoms with Crippen LogP contribution in [0.3, 0.4) is 0 Å². The van der Waals surface area contributed by atoms with Crippen LogP contribution in [0, 0.1) is 6.92 Å². The van der Waals surface area contributed by atoms with Gasteiger partial charge < -0.3 is 0 Å². The van der Waals surface area contributed by atoms with E-state index in [0.29, 0.717) is 5.56 Å². The first-order chi connectivity index (χ1) is 5.93. The van der Waals surface area contributed by atoms with Crippen molar-refractivity contribution in [2.75, 3.05) is 0 Å². The summed E-state index contributed by atoms with van der Waals surface area (Å²) >= 11 is 0. The van der Waals surface area contributed by atoms with Crippen LogP contribution in [0.5, 0.6) is 0 Å². The minimum atomic E-state index is -4.81. The Kier molecular flexibility index (Phi) is 2.59. The van der Waals surface area contributed by atoms with E-state index in [4.69, 9.17) is 0 Å². The molecule has 1 aromatic carbocycles. The van der Waals surface area contributed by atoms with E-state index in [2.05, 4.69) is 0 Å². The van der Waals surface area contributed by atoms with Crippen LogP contribution in [0.15, 0.2) is 24.3 Å². The Balaban J connectivity index is 3.02. The fourth-order valence-corrected chi connectivity index (χ4v) is 1.05. The molecule has 0 N–H and O–H groups in total. The first kappa shape index (κ1) is 10.0. The molecule has 1 rings (SSSR count). The monoisotopic (exact) mass is 192 g/mol. The van der Waals surface area contributed by atoms with Crippen molar-refractivity contribution in [3.8, 4) is 0 Å². The van der Waals surface area contributed by atoms with Gasteiger partial charge in [-0.25, -0.2) is 4.39 Å². The van der Waals surface area contributed by atoms with Crippen molar-refractivity contribution >= 4 is 0 Å². The summed E-state index contributed by atoms with van der Waals surface area (Å²) in [5.74, 6) is 0. The molecule has 1 unspecified atom stereocenters. The number of alkyl halides is 4. The van der Waals surface area contributed by atoms with E-state index >= 15 is 0 Å². The number of hydrogen-bond donors (Lipinski definition) is 0. The maximum absolute atomic E-state index is 12.8. The van der Waals surface area contributed by atoms with E-state index in [-0.39, 0.29) is 5.56 Å². The van der Waals surface area contributed by atoms with Gasteiger partial charge in [0.2, 0.25) is 6.17 Å². The average Bonchev–Trinajstić information content (AvgIpc) is 2.02. The Morgan fingerprint density at radius 1 is 1.15 bits per heavy atom. The molecule has 0 nitrogen and oxygen atoms in total. The fraction of sp³-hybridized carbons (Fsp3) is 0.333. The molecule has 0 aliphatic heterocycles. The second-order valence-corrected chi connectivity index (χ2v) is 2.76. The van der Waals surface area contributed by atoms with Gasteiger partial charge in [-0.2, -0.15) is 13.2 Å². The Bertz CT molecular complexity index is 290. The van der Waals surface area contributed by atoms with E-state index in [1.54, 1.807) is 6.07 Å². The largest absolute Gasteiger partial charge is 0.423 e. The molecule has 0 heterocycles. The molecule has 1 atom stereocenters. The van der Waals surface area contributed by atoms with Crippen LogP contribution in [0.25, 0.3) is 0 Å². The molecular formula is C9H8F4. The van der Waals surface area contributed by atoms with Crippen molar-refractivity contribution in [3.63, 3.8) is 0 Å². The van der Waals surface area contributed by atoms with Crippen LogP contribution >= 0.6 is 0 Å². The third-order valence-electron chi connectivity index (χ3n) is 1.75. The predicted octanol–water partition coefficient (Wildman–Crippen LogP) is 3.57. The minimum absolute atomic E-state index is 0.310. The molecule has 0 bridgehead atoms. The molecule has 0 aliphatic carbocycles. The van der Waals surface area contributed by atoms with Crippen LogP contribution in [-0.4, -0.2) is 6.18 Å². The summed E-state index contributed by atoms with van der Waals surface area (Å²) in [7, 11) is 0. The SMILES string of the molecule is Cc1ccccc1C(F)C(F)(F)F. The van der Waals surface area contributed by atoms with Crippen LogP contribution in [0.1, 0.15) is 17.3 Å². The molecule has 0 spiro atoms. The lowest BCUT2D eigenvalue weighted by molar-refractivity contribution is -0.182. The van der Waals surface area contributed by atoms with Gasteiger partial charge >= 0.3 is 6.18 Å². The molecule has 0 amide bonds. The van der Waals surface area contributed by atoms with E-state index < -0.39 is 12.3 Å². The van der Waals surface area contributed by atoms with Gasteiger partial charge in [-0.05, 0) is 18.1 Å². The molecular weight excluding hydrogens is 184 g/mol. The topological polar surface area (TPSA) is 0 Å². The van der Waals surface area contributed by atoms with Gasteiger partial charge in [-0.3, -0.25) is 0 Å². The van der Waals surface area contributed by atoms with Gasteiger partial charge in [0.15, 0.2) is 0 Å². The number of aryl methyl sites for hydroxylation is 1. The Hall–Kier alpha value is -1.06. The zero-order valence-corrected chi connectivity index (χ0v) is 6.90. The molecule has 0 fully saturated rings. The number of halogens is 4. The lowest BCUT2D eigenvalue weighted by Crippen LogP contribution is -2.17. The minimum Gasteiger partial charge on any atom is -0.232 e. The van der Waals surface area contributed by atoms with Gasteiger partial charge in [0.25, 0.3) is 0 Å². The lowest BCUT2D eigenvalue weighted by Gasteiger charge is -2.14. The summed E-state index contributed by atoms with van der Waals surface area (Å²) in [5.41, 5.74) is 0.00215. The zero-order valence-electron chi connectivity index (χ0n) is 6.90. The first-order valence-electron chi connectivity index (χ1n) is 3.69. The van der Waals surface area contributed by atoms with Crippen molar-refractivity contribution in [3.05, 3.63) is 35.4 Å². The smallest absolute Gasteiger partial charge is 0.232 e. The Morgan fingerprint density at radius 2 is 1.69 bits per heavy atom. The summed E-state index contributed by atoms with van der Waals surface area (Å²) in [4.78, 5) is 0. The van der Waals surface area contributed by atoms with Crippen LogP contribution < -0.4 is 0 Å². The highest BCUT2D eigenvalue weighted by molar-refractivity contribution is 5.28. The normalized spacial score (nSPS) is 14.2. The first-order valence-corrected chi connectivity index (χ1v) is 3.69. The van der Waals surface area contributed by atoms with E-state index in [0.717, 1.165) is 6.07 Å². The second-order valence-electron chi connectivity index (χ2n) is 2.76. The van der Waals surface area contributed by atoms with Gasteiger partial charge in [0.1, 0.15) is 0 Å². The van der Waals surface area contributed by atoms with Gasteiger partial charge in [0, 0.05) is 0 Å². The average molecular weight is 192 g/mol. The van der Waals surface area contributed by atoms with Gasteiger partial charge in [-0.1, -0.05) is 24.3 Å². The highest BCUT2D eigenvalue weighted by atomic mass is 19.4. The highest BCUT2D eigenvalue weighted by Gasteiger charge is 2.41. The van der Waals surface area contributed by atoms with Crippen molar-refractivity contribution in [2.24, 2.45) is 0 Å². The maximum Gasteiger partial charge on any atom is 0.423 e. The van der Waals surface area contributed by atoms with Crippen LogP contribution in [0.2, 0.25) is 0 Å². The predicted molar refractivity (Wildman–Crippen MR) is 41.1 cm³/mol. The van der Waals surface area contributed by atoms with E-state index in [1.807, 2.05) is 0 Å². The number of hydrogen-bond acceptors (Lipinski definition) is 0. The summed E-state index contributed by atoms with van der Waals surface area (Å²) in [6, 6.07) is 5.56. The number of benzene rings is 1. The molecule has 0 saturated heterocycles. The maximum atomic E-state index is 12.8. The molecule has 0 radical (unpaired) electrons. The molecule has 13 heavy (non-hydrogen) atoms. The summed E-state index contributed by atoms with van der Waals surface area (Å²) in [6.45, 7) is 1.45. The fourth-order valence-electron chi connectivity index (χ4n) is 1.05. The molecule has 0 saturated carbocycles. The molecule has 1 aromatic rings. The van der Waals surface area contributed by atoms with Crippen molar-refractivity contribution < 1.29 is 17.6 Å². The molecule has 72 valence electrons. The van der Waals surface area contributed by atoms with Crippen LogP contribution in [-0.2, 0) is 0 Å². The summed E-state index contributed by atoms with van der Waals surface area (Å²) in [5, 5.41) is 0. The van der Waals surface area contributed by atoms with Crippen molar-refractivity contribution in [2.45, 2.75) is 19.3 Å². The van der Waals surface area contributed by atoms with Crippen molar-refractivity contribution in [1.29, 1.82) is 0 Å². The van der Waals surface area contributed by atoms with Gasteiger partial charge in [-0.15, -0.1) is 0 Å². The lowest BCUT2D eigenvalue weighted by atomic mass is 10.0.